The molecule has 2 atom stereocenters. The number of carboxylic acid groups (broad SMARTS) is 1. The zero-order valence-corrected chi connectivity index (χ0v) is 15.0. The molecule has 1 aliphatic heterocycles. The van der Waals surface area contributed by atoms with Gasteiger partial charge in [-0.15, -0.1) is 0 Å². The number of rotatable bonds is 5. The van der Waals surface area contributed by atoms with Gasteiger partial charge < -0.3 is 5.11 Å². The second kappa shape index (κ2) is 6.79. The fourth-order valence-corrected chi connectivity index (χ4v) is 5.44. The Balaban J connectivity index is 2.44. The van der Waals surface area contributed by atoms with Gasteiger partial charge in [0.25, 0.3) is 0 Å². The first-order valence-electron chi connectivity index (χ1n) is 7.39. The minimum absolute atomic E-state index is 0.162. The van der Waals surface area contributed by atoms with Crippen molar-refractivity contribution in [2.24, 2.45) is 5.92 Å². The Morgan fingerprint density at radius 3 is 2.46 bits per heavy atom. The van der Waals surface area contributed by atoms with E-state index in [9.17, 15) is 26.7 Å². The maximum Gasteiger partial charge on any atom is 0.308 e. The second-order valence-corrected chi connectivity index (χ2v) is 9.40. The van der Waals surface area contributed by atoms with Crippen molar-refractivity contribution in [3.63, 3.8) is 0 Å². The highest BCUT2D eigenvalue weighted by molar-refractivity contribution is 7.90. The van der Waals surface area contributed by atoms with Crippen molar-refractivity contribution in [3.8, 4) is 0 Å². The van der Waals surface area contributed by atoms with Crippen LogP contribution in [0.15, 0.2) is 34.1 Å². The molecule has 1 aliphatic rings. The van der Waals surface area contributed by atoms with E-state index in [1.807, 2.05) is 0 Å². The summed E-state index contributed by atoms with van der Waals surface area (Å²) in [6.07, 6.45) is 0.853. The third-order valence-electron chi connectivity index (χ3n) is 4.24. The van der Waals surface area contributed by atoms with Crippen LogP contribution in [-0.4, -0.2) is 51.9 Å². The average Bonchev–Trinajstić information content (AvgIpc) is 2.54. The minimum Gasteiger partial charge on any atom is -0.481 e. The maximum atomic E-state index is 12.9. The summed E-state index contributed by atoms with van der Waals surface area (Å²) in [4.78, 5) is 11.0. The van der Waals surface area contributed by atoms with Gasteiger partial charge >= 0.3 is 5.97 Å². The highest BCUT2D eigenvalue weighted by Crippen LogP contribution is 2.30. The van der Waals surface area contributed by atoms with Gasteiger partial charge in [-0.1, -0.05) is 6.07 Å². The van der Waals surface area contributed by atoms with Crippen molar-refractivity contribution < 1.29 is 26.7 Å². The Morgan fingerprint density at radius 1 is 1.25 bits per heavy atom. The SMILES string of the molecule is CNS(=O)(=O)c1cccc(S(=O)(=O)N2CCC[C@H](C(=O)O)[C@@H]2C)c1. The first-order chi connectivity index (χ1) is 11.1. The van der Waals surface area contributed by atoms with E-state index in [0.717, 1.165) is 10.4 Å². The molecule has 1 aromatic carbocycles. The zero-order chi connectivity index (χ0) is 18.1. The third kappa shape index (κ3) is 3.46. The number of piperidine rings is 1. The van der Waals surface area contributed by atoms with Crippen LogP contribution >= 0.6 is 0 Å². The van der Waals surface area contributed by atoms with Gasteiger partial charge in [0.1, 0.15) is 0 Å². The molecule has 2 N–H and O–H groups in total. The summed E-state index contributed by atoms with van der Waals surface area (Å²) in [5, 5.41) is 9.24. The predicted molar refractivity (Wildman–Crippen MR) is 86.4 cm³/mol. The number of carboxylic acids is 1. The maximum absolute atomic E-state index is 12.9. The van der Waals surface area contributed by atoms with Gasteiger partial charge in [0.15, 0.2) is 0 Å². The smallest absolute Gasteiger partial charge is 0.308 e. The van der Waals surface area contributed by atoms with Crippen LogP contribution in [-0.2, 0) is 24.8 Å². The van der Waals surface area contributed by atoms with Crippen molar-refractivity contribution in [1.82, 2.24) is 9.03 Å². The number of nitrogens with one attached hydrogen (secondary N) is 1. The Kier molecular flexibility index (Phi) is 5.33. The van der Waals surface area contributed by atoms with E-state index in [1.54, 1.807) is 6.92 Å². The fourth-order valence-electron chi connectivity index (χ4n) is 2.84. The third-order valence-corrected chi connectivity index (χ3v) is 7.63. The summed E-state index contributed by atoms with van der Waals surface area (Å²) in [7, 11) is -6.53. The molecule has 1 heterocycles. The van der Waals surface area contributed by atoms with Crippen LogP contribution in [0, 0.1) is 5.92 Å². The highest BCUT2D eigenvalue weighted by Gasteiger charge is 2.39. The van der Waals surface area contributed by atoms with Gasteiger partial charge in [0.05, 0.1) is 15.7 Å². The van der Waals surface area contributed by atoms with E-state index in [-0.39, 0.29) is 16.3 Å². The molecule has 0 radical (unpaired) electrons. The van der Waals surface area contributed by atoms with E-state index in [2.05, 4.69) is 4.72 Å². The van der Waals surface area contributed by atoms with Crippen molar-refractivity contribution >= 4 is 26.0 Å². The molecule has 0 spiro atoms. The predicted octanol–water partition coefficient (Wildman–Crippen LogP) is 0.469. The topological polar surface area (TPSA) is 121 Å². The molecular weight excluding hydrogens is 356 g/mol. The lowest BCUT2D eigenvalue weighted by molar-refractivity contribution is -0.144. The van der Waals surface area contributed by atoms with Crippen LogP contribution in [0.25, 0.3) is 0 Å². The van der Waals surface area contributed by atoms with Gasteiger partial charge in [-0.05, 0) is 45.0 Å². The van der Waals surface area contributed by atoms with Gasteiger partial charge in [0.2, 0.25) is 20.0 Å². The lowest BCUT2D eigenvalue weighted by atomic mass is 9.92. The molecule has 0 bridgehead atoms. The lowest BCUT2D eigenvalue weighted by Crippen LogP contribution is -2.49. The number of hydrogen-bond donors (Lipinski definition) is 2. The van der Waals surface area contributed by atoms with E-state index >= 15 is 0 Å². The van der Waals surface area contributed by atoms with Crippen LogP contribution in [0.2, 0.25) is 0 Å². The summed E-state index contributed by atoms with van der Waals surface area (Å²) >= 11 is 0. The lowest BCUT2D eigenvalue weighted by Gasteiger charge is -2.36. The summed E-state index contributed by atoms with van der Waals surface area (Å²) in [5.41, 5.74) is 0. The number of nitrogens with zero attached hydrogens (tertiary/aromatic N) is 1. The van der Waals surface area contributed by atoms with E-state index in [4.69, 9.17) is 0 Å². The number of carbonyl (C=O) groups is 1. The molecule has 10 heteroatoms. The number of aliphatic carboxylic acids is 1. The van der Waals surface area contributed by atoms with Crippen LogP contribution < -0.4 is 4.72 Å². The summed E-state index contributed by atoms with van der Waals surface area (Å²) < 4.78 is 52.7. The van der Waals surface area contributed by atoms with Gasteiger partial charge in [-0.2, -0.15) is 4.31 Å². The molecule has 0 saturated carbocycles. The first-order valence-corrected chi connectivity index (χ1v) is 10.3. The zero-order valence-electron chi connectivity index (χ0n) is 13.3. The van der Waals surface area contributed by atoms with Crippen LogP contribution in [0.5, 0.6) is 0 Å². The normalized spacial score (nSPS) is 23.1. The molecule has 134 valence electrons. The minimum atomic E-state index is -3.99. The summed E-state index contributed by atoms with van der Waals surface area (Å²) in [6.45, 7) is 1.76. The standard InChI is InChI=1S/C14H20N2O6S2/c1-10-13(14(17)18)7-4-8-16(10)24(21,22)12-6-3-5-11(9-12)23(19,20)15-2/h3,5-6,9-10,13,15H,4,7-8H2,1-2H3,(H,17,18)/t10-,13-/m0/s1. The van der Waals surface area contributed by atoms with Gasteiger partial charge in [0, 0.05) is 12.6 Å². The Hall–Kier alpha value is -1.49. The van der Waals surface area contributed by atoms with Gasteiger partial charge in [-0.25, -0.2) is 21.6 Å². The fraction of sp³-hybridized carbons (Fsp3) is 0.500. The molecule has 0 amide bonds. The number of benzene rings is 1. The van der Waals surface area contributed by atoms with Crippen LogP contribution in [0.1, 0.15) is 19.8 Å². The van der Waals surface area contributed by atoms with E-state index < -0.39 is 38.0 Å². The Bertz CT molecular complexity index is 835. The Labute approximate surface area is 141 Å². The van der Waals surface area contributed by atoms with Crippen molar-refractivity contribution in [2.45, 2.75) is 35.6 Å². The first kappa shape index (κ1) is 18.8. The van der Waals surface area contributed by atoms with Crippen molar-refractivity contribution in [1.29, 1.82) is 0 Å². The van der Waals surface area contributed by atoms with Crippen molar-refractivity contribution in [3.05, 3.63) is 24.3 Å². The number of sulfonamides is 2. The molecule has 2 rings (SSSR count). The molecule has 1 fully saturated rings. The molecule has 24 heavy (non-hydrogen) atoms. The molecule has 0 aromatic heterocycles. The monoisotopic (exact) mass is 376 g/mol. The molecular formula is C14H20N2O6S2. The quantitative estimate of drug-likeness (QED) is 0.770. The average molecular weight is 376 g/mol. The Morgan fingerprint density at radius 2 is 1.88 bits per heavy atom. The largest absolute Gasteiger partial charge is 0.481 e. The van der Waals surface area contributed by atoms with E-state index in [1.165, 1.54) is 25.2 Å². The highest BCUT2D eigenvalue weighted by atomic mass is 32.2. The van der Waals surface area contributed by atoms with Crippen LogP contribution in [0.3, 0.4) is 0 Å². The molecule has 0 unspecified atom stereocenters. The van der Waals surface area contributed by atoms with Crippen molar-refractivity contribution in [2.75, 3.05) is 13.6 Å². The molecule has 1 aromatic rings. The summed E-state index contributed by atoms with van der Waals surface area (Å²) in [6, 6.07) is 4.33. The van der Waals surface area contributed by atoms with E-state index in [0.29, 0.717) is 12.8 Å². The molecule has 8 nitrogen and oxygen atoms in total. The number of hydrogen-bond acceptors (Lipinski definition) is 5. The molecule has 1 saturated heterocycles. The second-order valence-electron chi connectivity index (χ2n) is 5.63. The van der Waals surface area contributed by atoms with Gasteiger partial charge in [-0.3, -0.25) is 4.79 Å². The van der Waals surface area contributed by atoms with Crippen LogP contribution in [0.4, 0.5) is 0 Å². The molecule has 0 aliphatic carbocycles. The summed E-state index contributed by atoms with van der Waals surface area (Å²) in [5.74, 6) is -1.81.